The minimum absolute atomic E-state index is 0.0613. The molecule has 0 spiro atoms. The van der Waals surface area contributed by atoms with Crippen molar-refractivity contribution in [3.05, 3.63) is 62.5 Å². The van der Waals surface area contributed by atoms with Crippen LogP contribution in [0, 0.1) is 0 Å². The van der Waals surface area contributed by atoms with Crippen LogP contribution in [-0.2, 0) is 19.4 Å². The van der Waals surface area contributed by atoms with Crippen LogP contribution < -0.4 is 5.56 Å². The Morgan fingerprint density at radius 2 is 1.96 bits per heavy atom. The monoisotopic (exact) mass is 410 g/mol. The number of fused-ring (bicyclic) bond motifs is 4. The Labute approximate surface area is 171 Å². The van der Waals surface area contributed by atoms with Crippen LogP contribution in [0.3, 0.4) is 0 Å². The van der Waals surface area contributed by atoms with Crippen LogP contribution in [-0.4, -0.2) is 21.3 Å². The van der Waals surface area contributed by atoms with E-state index in [1.54, 1.807) is 23.1 Å². The molecule has 1 aromatic carbocycles. The van der Waals surface area contributed by atoms with Crippen molar-refractivity contribution in [3.8, 4) is 0 Å². The van der Waals surface area contributed by atoms with Crippen LogP contribution in [0.25, 0.3) is 15.1 Å². The Morgan fingerprint density at radius 3 is 2.79 bits per heavy atom. The zero-order valence-corrected chi connectivity index (χ0v) is 17.2. The predicted octanol–water partition coefficient (Wildman–Crippen LogP) is 4.63. The normalized spacial score (nSPS) is 16.8. The summed E-state index contributed by atoms with van der Waals surface area (Å²) in [6.45, 7) is 0.844. The van der Waals surface area contributed by atoms with Gasteiger partial charge in [0.05, 0.1) is 12.0 Å². The molecule has 1 aliphatic heterocycles. The van der Waals surface area contributed by atoms with Crippen molar-refractivity contribution in [1.82, 2.24) is 9.55 Å². The first-order valence-corrected chi connectivity index (χ1v) is 11.5. The van der Waals surface area contributed by atoms with Gasteiger partial charge >= 0.3 is 0 Å². The lowest BCUT2D eigenvalue weighted by atomic mass is 9.96. The number of rotatable bonds is 3. The summed E-state index contributed by atoms with van der Waals surface area (Å²) >= 11 is 3.32. The number of thiophene rings is 1. The standard InChI is InChI=1S/C22H22N2O2S2/c25-13-14-10-11-16-18-21(23-17-9-5-2-6-12-24(17)22(18)26)28-20(16)19(14)27-15-7-3-1-4-8-15/h1,3-4,7-8,25H,2,5-6,9-13H2. The van der Waals surface area contributed by atoms with Crippen molar-refractivity contribution >= 4 is 38.2 Å². The van der Waals surface area contributed by atoms with Crippen LogP contribution in [0.5, 0.6) is 0 Å². The zero-order valence-electron chi connectivity index (χ0n) is 15.6. The third kappa shape index (κ3) is 3.04. The lowest BCUT2D eigenvalue weighted by Crippen LogP contribution is -2.24. The van der Waals surface area contributed by atoms with Crippen LogP contribution >= 0.6 is 23.1 Å². The molecule has 144 valence electrons. The highest BCUT2D eigenvalue weighted by atomic mass is 32.2. The lowest BCUT2D eigenvalue weighted by Gasteiger charge is -2.19. The third-order valence-electron chi connectivity index (χ3n) is 5.63. The summed E-state index contributed by atoms with van der Waals surface area (Å²) in [5.41, 5.74) is 2.33. The molecular weight excluding hydrogens is 388 g/mol. The number of benzene rings is 1. The number of aromatic nitrogens is 2. The van der Waals surface area contributed by atoms with Gasteiger partial charge in [0.1, 0.15) is 10.7 Å². The van der Waals surface area contributed by atoms with Gasteiger partial charge in [-0.1, -0.05) is 36.4 Å². The van der Waals surface area contributed by atoms with Crippen molar-refractivity contribution in [3.63, 3.8) is 0 Å². The number of thioether (sulfide) groups is 1. The van der Waals surface area contributed by atoms with E-state index in [1.807, 2.05) is 22.8 Å². The third-order valence-corrected chi connectivity index (χ3v) is 8.11. The van der Waals surface area contributed by atoms with Gasteiger partial charge < -0.3 is 5.11 Å². The largest absolute Gasteiger partial charge is 0.392 e. The molecule has 2 aliphatic rings. The minimum Gasteiger partial charge on any atom is -0.392 e. The van der Waals surface area contributed by atoms with E-state index in [2.05, 4.69) is 12.1 Å². The topological polar surface area (TPSA) is 55.1 Å². The van der Waals surface area contributed by atoms with Gasteiger partial charge in [0.2, 0.25) is 0 Å². The Kier molecular flexibility index (Phi) is 4.87. The van der Waals surface area contributed by atoms with E-state index in [0.717, 1.165) is 86.9 Å². The highest BCUT2D eigenvalue weighted by molar-refractivity contribution is 8.08. The second-order valence-corrected chi connectivity index (χ2v) is 9.47. The second-order valence-electron chi connectivity index (χ2n) is 7.39. The number of hydrogen-bond acceptors (Lipinski definition) is 5. The van der Waals surface area contributed by atoms with E-state index in [4.69, 9.17) is 4.98 Å². The molecule has 5 rings (SSSR count). The summed E-state index contributed by atoms with van der Waals surface area (Å²) in [7, 11) is 0. The molecule has 4 nitrogen and oxygen atoms in total. The highest BCUT2D eigenvalue weighted by Gasteiger charge is 2.27. The fourth-order valence-corrected chi connectivity index (χ4v) is 6.71. The summed E-state index contributed by atoms with van der Waals surface area (Å²) in [4.78, 5) is 22.5. The lowest BCUT2D eigenvalue weighted by molar-refractivity contribution is 0.327. The SMILES string of the molecule is O=c1c2c3c(sc2nc2n1CCCCC2)C(Sc1ccccc1)=C(CO)CC3. The summed E-state index contributed by atoms with van der Waals surface area (Å²) < 4.78 is 1.91. The highest BCUT2D eigenvalue weighted by Crippen LogP contribution is 2.47. The molecule has 2 aromatic heterocycles. The van der Waals surface area contributed by atoms with Gasteiger partial charge in [-0.25, -0.2) is 4.98 Å². The summed E-state index contributed by atoms with van der Waals surface area (Å²) in [6, 6.07) is 10.2. The van der Waals surface area contributed by atoms with Crippen LogP contribution in [0.15, 0.2) is 45.6 Å². The molecule has 0 saturated heterocycles. The van der Waals surface area contributed by atoms with Gasteiger partial charge in [0.25, 0.3) is 5.56 Å². The molecule has 3 aromatic rings. The zero-order chi connectivity index (χ0) is 19.1. The predicted molar refractivity (Wildman–Crippen MR) is 116 cm³/mol. The summed E-state index contributed by atoms with van der Waals surface area (Å²) in [6.07, 6.45) is 5.81. The quantitative estimate of drug-likeness (QED) is 0.684. The molecule has 0 bridgehead atoms. The van der Waals surface area contributed by atoms with Crippen molar-refractivity contribution < 1.29 is 5.11 Å². The number of nitrogens with zero attached hydrogens (tertiary/aromatic N) is 2. The molecule has 0 unspecified atom stereocenters. The van der Waals surface area contributed by atoms with E-state index in [1.165, 1.54) is 0 Å². The first-order valence-electron chi connectivity index (χ1n) is 9.87. The van der Waals surface area contributed by atoms with E-state index < -0.39 is 0 Å². The molecule has 0 saturated carbocycles. The Bertz CT molecular complexity index is 1130. The molecule has 1 N–H and O–H groups in total. The van der Waals surface area contributed by atoms with Gasteiger partial charge in [-0.3, -0.25) is 9.36 Å². The fraction of sp³-hybridized carbons (Fsp3) is 0.364. The van der Waals surface area contributed by atoms with Crippen LogP contribution in [0.2, 0.25) is 0 Å². The van der Waals surface area contributed by atoms with Gasteiger partial charge in [0.15, 0.2) is 0 Å². The van der Waals surface area contributed by atoms with E-state index in [-0.39, 0.29) is 12.2 Å². The van der Waals surface area contributed by atoms with Crippen molar-refractivity contribution in [1.29, 1.82) is 0 Å². The molecule has 0 radical (unpaired) electrons. The Hall–Kier alpha value is -1.89. The maximum absolute atomic E-state index is 13.3. The van der Waals surface area contributed by atoms with Gasteiger partial charge in [-0.05, 0) is 49.0 Å². The minimum atomic E-state index is 0.0613. The van der Waals surface area contributed by atoms with Crippen molar-refractivity contribution in [2.24, 2.45) is 0 Å². The molecule has 3 heterocycles. The molecule has 1 aliphatic carbocycles. The number of aliphatic hydroxyl groups excluding tert-OH is 1. The summed E-state index contributed by atoms with van der Waals surface area (Å²) in [5.74, 6) is 0.942. The van der Waals surface area contributed by atoms with Crippen LogP contribution in [0.4, 0.5) is 0 Å². The fourth-order valence-electron chi connectivity index (χ4n) is 4.18. The van der Waals surface area contributed by atoms with E-state index in [0.29, 0.717) is 0 Å². The van der Waals surface area contributed by atoms with E-state index >= 15 is 0 Å². The number of aliphatic hydroxyl groups is 1. The van der Waals surface area contributed by atoms with Crippen LogP contribution in [0.1, 0.15) is 41.9 Å². The van der Waals surface area contributed by atoms with Gasteiger partial charge in [-0.15, -0.1) is 11.3 Å². The first kappa shape index (κ1) is 18.2. The maximum Gasteiger partial charge on any atom is 0.262 e. The summed E-state index contributed by atoms with van der Waals surface area (Å²) in [5, 5.41) is 10.8. The molecular formula is C22H22N2O2S2. The van der Waals surface area contributed by atoms with Crippen molar-refractivity contribution in [2.45, 2.75) is 50.0 Å². The van der Waals surface area contributed by atoms with E-state index in [9.17, 15) is 9.90 Å². The molecule has 6 heteroatoms. The first-order chi connectivity index (χ1) is 13.8. The number of aryl methyl sites for hydroxylation is 2. The Balaban J connectivity index is 1.69. The average molecular weight is 411 g/mol. The second kappa shape index (κ2) is 7.50. The molecule has 0 fully saturated rings. The maximum atomic E-state index is 13.3. The molecule has 28 heavy (non-hydrogen) atoms. The Morgan fingerprint density at radius 1 is 1.11 bits per heavy atom. The van der Waals surface area contributed by atoms with Gasteiger partial charge in [0, 0.05) is 27.6 Å². The smallest absolute Gasteiger partial charge is 0.262 e. The molecule has 0 atom stereocenters. The van der Waals surface area contributed by atoms with Crippen molar-refractivity contribution in [2.75, 3.05) is 6.61 Å². The average Bonchev–Trinajstić information content (AvgIpc) is 2.92. The molecule has 0 amide bonds. The number of hydrogen-bond donors (Lipinski definition) is 1. The van der Waals surface area contributed by atoms with Gasteiger partial charge in [-0.2, -0.15) is 0 Å².